The van der Waals surface area contributed by atoms with Gasteiger partial charge in [-0.3, -0.25) is 4.99 Å². The molecule has 0 saturated heterocycles. The van der Waals surface area contributed by atoms with Crippen molar-refractivity contribution in [1.82, 2.24) is 5.32 Å². The zero-order valence-electron chi connectivity index (χ0n) is 11.3. The third kappa shape index (κ3) is 3.80. The fourth-order valence-electron chi connectivity index (χ4n) is 1.91. The SMILES string of the molecule is CC(CCc1ccco1)NC1=NCC(C(C)C)S1. The molecule has 1 aromatic heterocycles. The van der Waals surface area contributed by atoms with Crippen LogP contribution in [0.5, 0.6) is 0 Å². The number of hydrogen-bond donors (Lipinski definition) is 1. The van der Waals surface area contributed by atoms with Crippen molar-refractivity contribution in [2.45, 2.75) is 44.9 Å². The number of nitrogens with one attached hydrogen (secondary N) is 1. The molecule has 0 fully saturated rings. The Morgan fingerprint density at radius 1 is 1.50 bits per heavy atom. The van der Waals surface area contributed by atoms with E-state index in [-0.39, 0.29) is 0 Å². The summed E-state index contributed by atoms with van der Waals surface area (Å²) in [5, 5.41) is 5.25. The van der Waals surface area contributed by atoms with Gasteiger partial charge in [-0.1, -0.05) is 25.6 Å². The molecule has 18 heavy (non-hydrogen) atoms. The molecule has 0 spiro atoms. The van der Waals surface area contributed by atoms with E-state index >= 15 is 0 Å². The Hall–Kier alpha value is -0.900. The van der Waals surface area contributed by atoms with E-state index in [9.17, 15) is 0 Å². The number of thioether (sulfide) groups is 1. The number of rotatable bonds is 5. The molecule has 3 nitrogen and oxygen atoms in total. The summed E-state index contributed by atoms with van der Waals surface area (Å²) in [7, 11) is 0. The van der Waals surface area contributed by atoms with Crippen LogP contribution in [-0.4, -0.2) is 23.0 Å². The lowest BCUT2D eigenvalue weighted by Gasteiger charge is -2.16. The highest BCUT2D eigenvalue weighted by molar-refractivity contribution is 8.14. The molecule has 2 unspecified atom stereocenters. The molecule has 1 aromatic rings. The van der Waals surface area contributed by atoms with Crippen LogP contribution in [0.3, 0.4) is 0 Å². The molecular formula is C14H22N2OS. The summed E-state index contributed by atoms with van der Waals surface area (Å²) in [6.45, 7) is 7.68. The molecule has 100 valence electrons. The molecule has 0 bridgehead atoms. The second kappa shape index (κ2) is 6.32. The lowest BCUT2D eigenvalue weighted by Crippen LogP contribution is -2.30. The Balaban J connectivity index is 1.70. The first-order valence-electron chi connectivity index (χ1n) is 6.65. The molecule has 0 aliphatic carbocycles. The third-order valence-electron chi connectivity index (χ3n) is 3.20. The van der Waals surface area contributed by atoms with Crippen molar-refractivity contribution in [2.75, 3.05) is 6.54 Å². The fraction of sp³-hybridized carbons (Fsp3) is 0.643. The molecule has 0 radical (unpaired) electrons. The first kappa shape index (κ1) is 13.5. The summed E-state index contributed by atoms with van der Waals surface area (Å²) < 4.78 is 5.34. The minimum atomic E-state index is 0.437. The molecule has 1 aliphatic rings. The molecular weight excluding hydrogens is 244 g/mol. The topological polar surface area (TPSA) is 37.5 Å². The van der Waals surface area contributed by atoms with E-state index in [1.807, 2.05) is 23.9 Å². The van der Waals surface area contributed by atoms with Gasteiger partial charge < -0.3 is 9.73 Å². The van der Waals surface area contributed by atoms with Crippen LogP contribution < -0.4 is 5.32 Å². The van der Waals surface area contributed by atoms with Crippen molar-refractivity contribution < 1.29 is 4.42 Å². The van der Waals surface area contributed by atoms with Crippen LogP contribution in [0.2, 0.25) is 0 Å². The summed E-state index contributed by atoms with van der Waals surface area (Å²) in [4.78, 5) is 4.57. The monoisotopic (exact) mass is 266 g/mol. The lowest BCUT2D eigenvalue weighted by molar-refractivity contribution is 0.483. The zero-order chi connectivity index (χ0) is 13.0. The van der Waals surface area contributed by atoms with Gasteiger partial charge in [-0.2, -0.15) is 0 Å². The quantitative estimate of drug-likeness (QED) is 0.888. The molecule has 0 aromatic carbocycles. The van der Waals surface area contributed by atoms with Crippen LogP contribution in [0.15, 0.2) is 27.8 Å². The summed E-state index contributed by atoms with van der Waals surface area (Å²) in [5.74, 6) is 1.75. The highest BCUT2D eigenvalue weighted by Crippen LogP contribution is 2.26. The second-order valence-corrected chi connectivity index (χ2v) is 6.44. The first-order chi connectivity index (χ1) is 8.65. The normalized spacial score (nSPS) is 21.1. The Labute approximate surface area is 113 Å². The minimum absolute atomic E-state index is 0.437. The van der Waals surface area contributed by atoms with Crippen molar-refractivity contribution in [3.05, 3.63) is 24.2 Å². The van der Waals surface area contributed by atoms with Crippen molar-refractivity contribution >= 4 is 16.9 Å². The number of aliphatic imine (C=N–C) groups is 1. The number of hydrogen-bond acceptors (Lipinski definition) is 4. The molecule has 2 heterocycles. The highest BCUT2D eigenvalue weighted by Gasteiger charge is 2.23. The van der Waals surface area contributed by atoms with Crippen LogP contribution in [0.25, 0.3) is 0 Å². The fourth-order valence-corrected chi connectivity index (χ4v) is 3.04. The van der Waals surface area contributed by atoms with Gasteiger partial charge in [0.1, 0.15) is 5.76 Å². The average molecular weight is 266 g/mol. The van der Waals surface area contributed by atoms with Crippen molar-refractivity contribution in [1.29, 1.82) is 0 Å². The van der Waals surface area contributed by atoms with E-state index in [0.717, 1.165) is 30.3 Å². The van der Waals surface area contributed by atoms with E-state index in [4.69, 9.17) is 4.42 Å². The standard InChI is InChI=1S/C14H22N2OS/c1-10(2)13-9-15-14(18-13)16-11(3)6-7-12-5-4-8-17-12/h4-5,8,10-11,13H,6-7,9H2,1-3H3,(H,15,16). The van der Waals surface area contributed by atoms with Gasteiger partial charge in [0, 0.05) is 17.7 Å². The Kier molecular flexibility index (Phi) is 4.75. The summed E-state index contributed by atoms with van der Waals surface area (Å²) in [6.07, 6.45) is 3.78. The smallest absolute Gasteiger partial charge is 0.157 e. The van der Waals surface area contributed by atoms with Crippen LogP contribution in [0.1, 0.15) is 33.0 Å². The van der Waals surface area contributed by atoms with Gasteiger partial charge in [0.05, 0.1) is 12.8 Å². The van der Waals surface area contributed by atoms with Crippen LogP contribution in [-0.2, 0) is 6.42 Å². The van der Waals surface area contributed by atoms with E-state index in [2.05, 4.69) is 31.1 Å². The van der Waals surface area contributed by atoms with Gasteiger partial charge in [0.25, 0.3) is 0 Å². The van der Waals surface area contributed by atoms with Crippen molar-refractivity contribution in [3.63, 3.8) is 0 Å². The molecule has 2 rings (SSSR count). The molecule has 2 atom stereocenters. The lowest BCUT2D eigenvalue weighted by atomic mass is 10.1. The van der Waals surface area contributed by atoms with Crippen LogP contribution in [0.4, 0.5) is 0 Å². The van der Waals surface area contributed by atoms with E-state index < -0.39 is 0 Å². The van der Waals surface area contributed by atoms with Gasteiger partial charge in [-0.25, -0.2) is 0 Å². The zero-order valence-corrected chi connectivity index (χ0v) is 12.2. The Bertz CT molecular complexity index is 387. The van der Waals surface area contributed by atoms with E-state index in [0.29, 0.717) is 17.2 Å². The summed E-state index contributed by atoms with van der Waals surface area (Å²) in [6, 6.07) is 4.41. The molecule has 4 heteroatoms. The predicted octanol–water partition coefficient (Wildman–Crippen LogP) is 3.32. The summed E-state index contributed by atoms with van der Waals surface area (Å²) in [5.41, 5.74) is 0. The maximum atomic E-state index is 5.34. The number of amidine groups is 1. The molecule has 1 aliphatic heterocycles. The number of nitrogens with zero attached hydrogens (tertiary/aromatic N) is 1. The first-order valence-corrected chi connectivity index (χ1v) is 7.53. The van der Waals surface area contributed by atoms with Crippen LogP contribution in [0, 0.1) is 5.92 Å². The molecule has 0 amide bonds. The largest absolute Gasteiger partial charge is 0.469 e. The van der Waals surface area contributed by atoms with Gasteiger partial charge in [-0.05, 0) is 31.4 Å². The minimum Gasteiger partial charge on any atom is -0.469 e. The predicted molar refractivity (Wildman–Crippen MR) is 78.1 cm³/mol. The van der Waals surface area contributed by atoms with Crippen LogP contribution >= 0.6 is 11.8 Å². The van der Waals surface area contributed by atoms with Gasteiger partial charge in [-0.15, -0.1) is 0 Å². The Morgan fingerprint density at radius 3 is 2.94 bits per heavy atom. The highest BCUT2D eigenvalue weighted by atomic mass is 32.2. The molecule has 0 saturated carbocycles. The average Bonchev–Trinajstić information content (AvgIpc) is 2.96. The summed E-state index contributed by atoms with van der Waals surface area (Å²) >= 11 is 1.89. The maximum Gasteiger partial charge on any atom is 0.157 e. The van der Waals surface area contributed by atoms with Gasteiger partial charge in [0.15, 0.2) is 5.17 Å². The number of furan rings is 1. The van der Waals surface area contributed by atoms with Gasteiger partial charge in [0.2, 0.25) is 0 Å². The van der Waals surface area contributed by atoms with E-state index in [1.54, 1.807) is 6.26 Å². The molecule has 1 N–H and O–H groups in total. The van der Waals surface area contributed by atoms with Crippen molar-refractivity contribution in [3.8, 4) is 0 Å². The van der Waals surface area contributed by atoms with Crippen molar-refractivity contribution in [2.24, 2.45) is 10.9 Å². The van der Waals surface area contributed by atoms with Gasteiger partial charge >= 0.3 is 0 Å². The third-order valence-corrected chi connectivity index (χ3v) is 4.66. The Morgan fingerprint density at radius 2 is 2.33 bits per heavy atom. The maximum absolute atomic E-state index is 5.34. The van der Waals surface area contributed by atoms with E-state index in [1.165, 1.54) is 0 Å². The number of aryl methyl sites for hydroxylation is 1. The second-order valence-electron chi connectivity index (χ2n) is 5.21.